The lowest BCUT2D eigenvalue weighted by atomic mass is 9.82. The van der Waals surface area contributed by atoms with Gasteiger partial charge in [0.15, 0.2) is 0 Å². The molecule has 0 aliphatic carbocycles. The Morgan fingerprint density at radius 1 is 1.21 bits per heavy atom. The van der Waals surface area contributed by atoms with Crippen molar-refractivity contribution in [1.29, 1.82) is 0 Å². The summed E-state index contributed by atoms with van der Waals surface area (Å²) < 4.78 is 6.07. The Bertz CT molecular complexity index is 398. The fourth-order valence-corrected chi connectivity index (χ4v) is 3.37. The van der Waals surface area contributed by atoms with Crippen LogP contribution in [0.25, 0.3) is 0 Å². The molecule has 0 radical (unpaired) electrons. The predicted molar refractivity (Wildman–Crippen MR) is 76.8 cm³/mol. The van der Waals surface area contributed by atoms with Crippen molar-refractivity contribution in [2.75, 3.05) is 19.7 Å². The number of benzene rings is 1. The largest absolute Gasteiger partial charge is 0.375 e. The van der Waals surface area contributed by atoms with Gasteiger partial charge in [-0.1, -0.05) is 30.3 Å². The second kappa shape index (κ2) is 5.61. The Kier molecular flexibility index (Phi) is 3.87. The van der Waals surface area contributed by atoms with Crippen molar-refractivity contribution in [3.05, 3.63) is 35.9 Å². The molecule has 1 aromatic carbocycles. The van der Waals surface area contributed by atoms with Gasteiger partial charge in [-0.15, -0.1) is 0 Å². The van der Waals surface area contributed by atoms with Gasteiger partial charge < -0.3 is 10.5 Å². The zero-order valence-electron chi connectivity index (χ0n) is 11.6. The van der Waals surface area contributed by atoms with E-state index >= 15 is 0 Å². The molecule has 104 valence electrons. The molecule has 0 unspecified atom stereocenters. The fraction of sp³-hybridized carbons (Fsp3) is 0.625. The Hall–Kier alpha value is -0.900. The third kappa shape index (κ3) is 3.16. The number of piperidine rings is 1. The number of rotatable bonds is 2. The van der Waals surface area contributed by atoms with Crippen molar-refractivity contribution in [3.63, 3.8) is 0 Å². The van der Waals surface area contributed by atoms with E-state index < -0.39 is 0 Å². The molecule has 2 fully saturated rings. The van der Waals surface area contributed by atoms with Crippen LogP contribution >= 0.6 is 0 Å². The highest BCUT2D eigenvalue weighted by Crippen LogP contribution is 2.34. The van der Waals surface area contributed by atoms with E-state index in [2.05, 4.69) is 35.2 Å². The molecule has 2 saturated heterocycles. The number of hydrogen-bond donors (Lipinski definition) is 1. The molecule has 2 aliphatic rings. The van der Waals surface area contributed by atoms with Gasteiger partial charge in [0.25, 0.3) is 0 Å². The molecule has 1 atom stereocenters. The van der Waals surface area contributed by atoms with E-state index in [1.807, 2.05) is 0 Å². The molecule has 0 saturated carbocycles. The smallest absolute Gasteiger partial charge is 0.0721 e. The van der Waals surface area contributed by atoms with Crippen molar-refractivity contribution in [2.24, 2.45) is 5.73 Å². The summed E-state index contributed by atoms with van der Waals surface area (Å²) in [7, 11) is 0. The van der Waals surface area contributed by atoms with Gasteiger partial charge in [0.1, 0.15) is 0 Å². The molecule has 1 aromatic rings. The topological polar surface area (TPSA) is 38.5 Å². The van der Waals surface area contributed by atoms with Crippen LogP contribution in [-0.4, -0.2) is 36.2 Å². The van der Waals surface area contributed by atoms with Crippen molar-refractivity contribution in [1.82, 2.24) is 4.90 Å². The maximum Gasteiger partial charge on any atom is 0.0721 e. The third-order valence-electron chi connectivity index (χ3n) is 4.55. The van der Waals surface area contributed by atoms with Gasteiger partial charge in [0.2, 0.25) is 0 Å². The van der Waals surface area contributed by atoms with Gasteiger partial charge in [-0.3, -0.25) is 4.90 Å². The highest BCUT2D eigenvalue weighted by atomic mass is 16.5. The van der Waals surface area contributed by atoms with Crippen LogP contribution in [0.1, 0.15) is 31.2 Å². The quantitative estimate of drug-likeness (QED) is 0.885. The van der Waals surface area contributed by atoms with Crippen LogP contribution in [0.5, 0.6) is 0 Å². The van der Waals surface area contributed by atoms with Gasteiger partial charge in [-0.2, -0.15) is 0 Å². The molecule has 19 heavy (non-hydrogen) atoms. The zero-order chi connectivity index (χ0) is 13.1. The fourth-order valence-electron chi connectivity index (χ4n) is 3.37. The van der Waals surface area contributed by atoms with Crippen LogP contribution in [0.15, 0.2) is 30.3 Å². The number of likely N-dealkylation sites (tertiary alicyclic amines) is 1. The summed E-state index contributed by atoms with van der Waals surface area (Å²) >= 11 is 0. The lowest BCUT2D eigenvalue weighted by Crippen LogP contribution is -2.51. The van der Waals surface area contributed by atoms with E-state index in [1.165, 1.54) is 5.56 Å². The lowest BCUT2D eigenvalue weighted by Gasteiger charge is -2.45. The molecular formula is C16H24N2O. The van der Waals surface area contributed by atoms with E-state index in [0.29, 0.717) is 6.04 Å². The third-order valence-corrected chi connectivity index (χ3v) is 4.55. The van der Waals surface area contributed by atoms with Gasteiger partial charge >= 0.3 is 0 Å². The first-order valence-electron chi connectivity index (χ1n) is 7.42. The average Bonchev–Trinajstić information content (AvgIpc) is 2.43. The maximum atomic E-state index is 6.10. The molecule has 2 heterocycles. The van der Waals surface area contributed by atoms with Gasteiger partial charge in [-0.25, -0.2) is 0 Å². The molecule has 0 amide bonds. The minimum Gasteiger partial charge on any atom is -0.375 e. The molecule has 3 nitrogen and oxygen atoms in total. The molecule has 1 spiro atoms. The molecule has 3 heteroatoms. The molecule has 2 aliphatic heterocycles. The minimum atomic E-state index is 0.0881. The number of hydrogen-bond acceptors (Lipinski definition) is 3. The monoisotopic (exact) mass is 260 g/mol. The molecular weight excluding hydrogens is 236 g/mol. The van der Waals surface area contributed by atoms with Gasteiger partial charge in [0.05, 0.1) is 5.60 Å². The van der Waals surface area contributed by atoms with Crippen LogP contribution in [-0.2, 0) is 11.3 Å². The Balaban J connectivity index is 1.54. The van der Waals surface area contributed by atoms with Gasteiger partial charge in [0, 0.05) is 32.3 Å². The summed E-state index contributed by atoms with van der Waals surface area (Å²) in [6.07, 6.45) is 4.34. The first-order valence-corrected chi connectivity index (χ1v) is 7.42. The summed E-state index contributed by atoms with van der Waals surface area (Å²) in [6, 6.07) is 11.1. The Labute approximate surface area is 115 Å². The number of nitrogens with zero attached hydrogens (tertiary/aromatic N) is 1. The first-order chi connectivity index (χ1) is 9.26. The van der Waals surface area contributed by atoms with Crippen molar-refractivity contribution >= 4 is 0 Å². The van der Waals surface area contributed by atoms with Crippen LogP contribution < -0.4 is 5.73 Å². The van der Waals surface area contributed by atoms with Crippen LogP contribution in [0.3, 0.4) is 0 Å². The lowest BCUT2D eigenvalue weighted by molar-refractivity contribution is -0.116. The normalized spacial score (nSPS) is 27.5. The van der Waals surface area contributed by atoms with E-state index in [-0.39, 0.29) is 5.60 Å². The molecule has 3 rings (SSSR count). The number of ether oxygens (including phenoxy) is 1. The second-order valence-electron chi connectivity index (χ2n) is 6.05. The van der Waals surface area contributed by atoms with E-state index in [0.717, 1.165) is 51.9 Å². The van der Waals surface area contributed by atoms with Crippen molar-refractivity contribution in [2.45, 2.75) is 43.9 Å². The molecule has 2 N–H and O–H groups in total. The van der Waals surface area contributed by atoms with E-state index in [4.69, 9.17) is 10.5 Å². The van der Waals surface area contributed by atoms with Crippen LogP contribution in [0.4, 0.5) is 0 Å². The molecule has 0 aromatic heterocycles. The zero-order valence-corrected chi connectivity index (χ0v) is 11.6. The van der Waals surface area contributed by atoms with Crippen LogP contribution in [0.2, 0.25) is 0 Å². The summed E-state index contributed by atoms with van der Waals surface area (Å²) in [4.78, 5) is 2.53. The standard InChI is InChI=1S/C16H24N2O/c17-15-6-11-19-16(12-15)7-9-18(10-8-16)13-14-4-2-1-3-5-14/h1-5,15H,6-13,17H2/t15-/m1/s1. The van der Waals surface area contributed by atoms with E-state index in [1.54, 1.807) is 0 Å². The van der Waals surface area contributed by atoms with Crippen LogP contribution in [0, 0.1) is 0 Å². The van der Waals surface area contributed by atoms with Gasteiger partial charge in [-0.05, 0) is 31.2 Å². The Morgan fingerprint density at radius 2 is 1.95 bits per heavy atom. The highest BCUT2D eigenvalue weighted by molar-refractivity contribution is 5.14. The maximum absolute atomic E-state index is 6.10. The molecule has 0 bridgehead atoms. The summed E-state index contributed by atoms with van der Waals surface area (Å²) in [6.45, 7) is 4.16. The summed E-state index contributed by atoms with van der Waals surface area (Å²) in [5.41, 5.74) is 7.60. The Morgan fingerprint density at radius 3 is 2.63 bits per heavy atom. The summed E-state index contributed by atoms with van der Waals surface area (Å²) in [5.74, 6) is 0. The SMILES string of the molecule is N[C@@H]1CCOC2(CCN(Cc3ccccc3)CC2)C1. The van der Waals surface area contributed by atoms with E-state index in [9.17, 15) is 0 Å². The first kappa shape index (κ1) is 13.1. The number of nitrogens with two attached hydrogens (primary N) is 1. The highest BCUT2D eigenvalue weighted by Gasteiger charge is 2.39. The predicted octanol–water partition coefficient (Wildman–Crippen LogP) is 2.16. The summed E-state index contributed by atoms with van der Waals surface area (Å²) in [5, 5.41) is 0. The van der Waals surface area contributed by atoms with Crippen molar-refractivity contribution < 1.29 is 4.74 Å². The second-order valence-corrected chi connectivity index (χ2v) is 6.05. The van der Waals surface area contributed by atoms with Crippen molar-refractivity contribution in [3.8, 4) is 0 Å². The minimum absolute atomic E-state index is 0.0881. The average molecular weight is 260 g/mol.